The summed E-state index contributed by atoms with van der Waals surface area (Å²) in [5.74, 6) is -1.99. The van der Waals surface area contributed by atoms with Gasteiger partial charge in [-0.25, -0.2) is 0 Å². The molecule has 0 bridgehead atoms. The molecule has 0 radical (unpaired) electrons. The Morgan fingerprint density at radius 1 is 1.46 bits per heavy atom. The van der Waals surface area contributed by atoms with E-state index in [9.17, 15) is 9.59 Å². The van der Waals surface area contributed by atoms with E-state index in [1.807, 2.05) is 13.8 Å². The quantitative estimate of drug-likeness (QED) is 0.504. The topological polar surface area (TPSA) is 80.4 Å². The number of hydrogen-bond donors (Lipinski definition) is 2. The molecule has 3 N–H and O–H groups in total. The summed E-state index contributed by atoms with van der Waals surface area (Å²) in [6, 6.07) is 0. The van der Waals surface area contributed by atoms with Gasteiger partial charge < -0.3 is 10.8 Å². The average molecular weight is 185 g/mol. The SMILES string of the molecule is CC(C)=CCC(C)(C(N)=O)C(=O)O. The van der Waals surface area contributed by atoms with Crippen LogP contribution in [0.2, 0.25) is 0 Å². The summed E-state index contributed by atoms with van der Waals surface area (Å²) in [7, 11) is 0. The Balaban J connectivity index is 4.73. The lowest BCUT2D eigenvalue weighted by Crippen LogP contribution is -2.41. The van der Waals surface area contributed by atoms with Crippen molar-refractivity contribution >= 4 is 11.9 Å². The fourth-order valence-corrected chi connectivity index (χ4v) is 0.702. The van der Waals surface area contributed by atoms with Gasteiger partial charge in [-0.2, -0.15) is 0 Å². The lowest BCUT2D eigenvalue weighted by molar-refractivity contribution is -0.153. The molecule has 13 heavy (non-hydrogen) atoms. The maximum atomic E-state index is 10.9. The molecule has 1 atom stereocenters. The average Bonchev–Trinajstić information content (AvgIpc) is 1.99. The van der Waals surface area contributed by atoms with Crippen molar-refractivity contribution in [3.63, 3.8) is 0 Å². The molecular formula is C9H15NO3. The highest BCUT2D eigenvalue weighted by Crippen LogP contribution is 2.22. The Hall–Kier alpha value is -1.32. The highest BCUT2D eigenvalue weighted by Gasteiger charge is 2.38. The normalized spacial score (nSPS) is 14.4. The molecule has 0 aliphatic heterocycles. The number of carbonyl (C=O) groups excluding carboxylic acids is 1. The van der Waals surface area contributed by atoms with E-state index >= 15 is 0 Å². The summed E-state index contributed by atoms with van der Waals surface area (Å²) < 4.78 is 0. The first kappa shape index (κ1) is 11.7. The van der Waals surface area contributed by atoms with Crippen LogP contribution >= 0.6 is 0 Å². The van der Waals surface area contributed by atoms with Crippen molar-refractivity contribution in [3.05, 3.63) is 11.6 Å². The van der Waals surface area contributed by atoms with Crippen molar-refractivity contribution in [2.45, 2.75) is 27.2 Å². The zero-order chi connectivity index (χ0) is 10.6. The first-order valence-electron chi connectivity index (χ1n) is 3.97. The second-order valence-corrected chi connectivity index (χ2v) is 3.49. The largest absolute Gasteiger partial charge is 0.480 e. The number of carbonyl (C=O) groups is 2. The molecule has 0 fully saturated rings. The van der Waals surface area contributed by atoms with Crippen LogP contribution in [0.4, 0.5) is 0 Å². The first-order valence-corrected chi connectivity index (χ1v) is 3.97. The molecule has 0 saturated carbocycles. The van der Waals surface area contributed by atoms with Gasteiger partial charge in [-0.1, -0.05) is 11.6 Å². The number of primary amides is 1. The monoisotopic (exact) mass is 185 g/mol. The third-order valence-electron chi connectivity index (χ3n) is 1.93. The maximum Gasteiger partial charge on any atom is 0.319 e. The Morgan fingerprint density at radius 3 is 2.15 bits per heavy atom. The van der Waals surface area contributed by atoms with E-state index < -0.39 is 17.3 Å². The first-order chi connectivity index (χ1) is 5.80. The van der Waals surface area contributed by atoms with Gasteiger partial charge in [0, 0.05) is 0 Å². The number of rotatable bonds is 4. The summed E-state index contributed by atoms with van der Waals surface area (Å²) in [4.78, 5) is 21.6. The van der Waals surface area contributed by atoms with E-state index in [1.165, 1.54) is 6.92 Å². The molecule has 0 spiro atoms. The third-order valence-corrected chi connectivity index (χ3v) is 1.93. The molecule has 0 aliphatic rings. The fourth-order valence-electron chi connectivity index (χ4n) is 0.702. The van der Waals surface area contributed by atoms with Gasteiger partial charge in [0.1, 0.15) is 5.41 Å². The van der Waals surface area contributed by atoms with E-state index in [4.69, 9.17) is 10.8 Å². The minimum absolute atomic E-state index is 0.139. The lowest BCUT2D eigenvalue weighted by Gasteiger charge is -2.18. The molecule has 0 aliphatic carbocycles. The number of aliphatic carboxylic acids is 1. The van der Waals surface area contributed by atoms with Crippen molar-refractivity contribution in [3.8, 4) is 0 Å². The van der Waals surface area contributed by atoms with Gasteiger partial charge in [0.25, 0.3) is 0 Å². The maximum absolute atomic E-state index is 10.9. The molecule has 1 amide bonds. The summed E-state index contributed by atoms with van der Waals surface area (Å²) >= 11 is 0. The second kappa shape index (κ2) is 4.07. The van der Waals surface area contributed by atoms with Crippen LogP contribution in [-0.4, -0.2) is 17.0 Å². The van der Waals surface area contributed by atoms with Crippen LogP contribution in [0.1, 0.15) is 27.2 Å². The van der Waals surface area contributed by atoms with Gasteiger partial charge in [0.05, 0.1) is 0 Å². The Labute approximate surface area is 77.4 Å². The van der Waals surface area contributed by atoms with E-state index in [0.29, 0.717) is 0 Å². The molecule has 74 valence electrons. The van der Waals surface area contributed by atoms with Crippen LogP contribution in [-0.2, 0) is 9.59 Å². The number of carboxylic acids is 1. The minimum Gasteiger partial charge on any atom is -0.480 e. The van der Waals surface area contributed by atoms with Crippen LogP contribution in [0.3, 0.4) is 0 Å². The molecule has 0 aromatic heterocycles. The standard InChI is InChI=1S/C9H15NO3/c1-6(2)4-5-9(3,7(10)11)8(12)13/h4H,5H2,1-3H3,(H2,10,11)(H,12,13). The number of allylic oxidation sites excluding steroid dienone is 2. The molecule has 0 rings (SSSR count). The molecular weight excluding hydrogens is 170 g/mol. The van der Waals surface area contributed by atoms with Gasteiger partial charge in [-0.3, -0.25) is 9.59 Å². The fraction of sp³-hybridized carbons (Fsp3) is 0.556. The second-order valence-electron chi connectivity index (χ2n) is 3.49. The predicted molar refractivity (Wildman–Crippen MR) is 49.0 cm³/mol. The van der Waals surface area contributed by atoms with E-state index in [-0.39, 0.29) is 6.42 Å². The van der Waals surface area contributed by atoms with Crippen LogP contribution in [0, 0.1) is 5.41 Å². The predicted octanol–water partition coefficient (Wildman–Crippen LogP) is 0.919. The third kappa shape index (κ3) is 2.89. The molecule has 1 unspecified atom stereocenters. The van der Waals surface area contributed by atoms with Crippen LogP contribution in [0.25, 0.3) is 0 Å². The smallest absolute Gasteiger partial charge is 0.319 e. The molecule has 0 aromatic carbocycles. The van der Waals surface area contributed by atoms with Crippen molar-refractivity contribution in [1.29, 1.82) is 0 Å². The van der Waals surface area contributed by atoms with Gasteiger partial charge in [0.2, 0.25) is 5.91 Å². The van der Waals surface area contributed by atoms with Gasteiger partial charge in [0.15, 0.2) is 0 Å². The van der Waals surface area contributed by atoms with E-state index in [0.717, 1.165) is 5.57 Å². The number of hydrogen-bond acceptors (Lipinski definition) is 2. The summed E-state index contributed by atoms with van der Waals surface area (Å²) in [5.41, 5.74) is 4.49. The summed E-state index contributed by atoms with van der Waals surface area (Å²) in [5, 5.41) is 8.79. The number of nitrogens with two attached hydrogens (primary N) is 1. The van der Waals surface area contributed by atoms with E-state index in [2.05, 4.69) is 0 Å². The Morgan fingerprint density at radius 2 is 1.92 bits per heavy atom. The van der Waals surface area contributed by atoms with Crippen molar-refractivity contribution < 1.29 is 14.7 Å². The van der Waals surface area contributed by atoms with Crippen LogP contribution in [0.5, 0.6) is 0 Å². The van der Waals surface area contributed by atoms with Gasteiger partial charge >= 0.3 is 5.97 Å². The van der Waals surface area contributed by atoms with Crippen molar-refractivity contribution in [2.24, 2.45) is 11.1 Å². The van der Waals surface area contributed by atoms with Gasteiger partial charge in [-0.05, 0) is 27.2 Å². The molecule has 0 heterocycles. The van der Waals surface area contributed by atoms with E-state index in [1.54, 1.807) is 6.08 Å². The minimum atomic E-state index is -1.49. The lowest BCUT2D eigenvalue weighted by atomic mass is 9.85. The zero-order valence-corrected chi connectivity index (χ0v) is 8.13. The molecule has 0 aromatic rings. The van der Waals surface area contributed by atoms with Crippen molar-refractivity contribution in [2.75, 3.05) is 0 Å². The molecule has 0 saturated heterocycles. The summed E-state index contributed by atoms with van der Waals surface area (Å²) in [6.07, 6.45) is 1.83. The molecule has 4 heteroatoms. The zero-order valence-electron chi connectivity index (χ0n) is 8.13. The highest BCUT2D eigenvalue weighted by molar-refractivity contribution is 6.00. The summed E-state index contributed by atoms with van der Waals surface area (Å²) in [6.45, 7) is 5.00. The van der Waals surface area contributed by atoms with Crippen LogP contribution < -0.4 is 5.73 Å². The number of amides is 1. The van der Waals surface area contributed by atoms with Gasteiger partial charge in [-0.15, -0.1) is 0 Å². The van der Waals surface area contributed by atoms with Crippen molar-refractivity contribution in [1.82, 2.24) is 0 Å². The molecule has 4 nitrogen and oxygen atoms in total. The Bertz CT molecular complexity index is 238. The van der Waals surface area contributed by atoms with Crippen LogP contribution in [0.15, 0.2) is 11.6 Å². The highest BCUT2D eigenvalue weighted by atomic mass is 16.4. The number of carboxylic acid groups (broad SMARTS) is 1. The Kier molecular flexibility index (Phi) is 3.66.